The first kappa shape index (κ1) is 18.6. The van der Waals surface area contributed by atoms with Crippen molar-refractivity contribution in [1.29, 1.82) is 0 Å². The zero-order valence-electron chi connectivity index (χ0n) is 13.8. The van der Waals surface area contributed by atoms with Gasteiger partial charge in [0.25, 0.3) is 10.0 Å². The number of ether oxygens (including phenoxy) is 1. The second-order valence-electron chi connectivity index (χ2n) is 5.35. The molecule has 9 heteroatoms. The topological polar surface area (TPSA) is 68.3 Å². The monoisotopic (exact) mass is 412 g/mol. The summed E-state index contributed by atoms with van der Waals surface area (Å²) in [6.07, 6.45) is 0. The third kappa shape index (κ3) is 3.82. The van der Waals surface area contributed by atoms with E-state index in [9.17, 15) is 12.8 Å². The minimum Gasteiger partial charge on any atom is -0.495 e. The van der Waals surface area contributed by atoms with Crippen LogP contribution in [0.2, 0.25) is 5.02 Å². The lowest BCUT2D eigenvalue weighted by Gasteiger charge is -2.13. The molecule has 0 bridgehead atoms. The molecule has 0 aliphatic carbocycles. The molecule has 0 fully saturated rings. The van der Waals surface area contributed by atoms with E-state index < -0.39 is 15.8 Å². The van der Waals surface area contributed by atoms with E-state index in [4.69, 9.17) is 16.3 Å². The average molecular weight is 413 g/mol. The average Bonchev–Trinajstić information content (AvgIpc) is 3.03. The van der Waals surface area contributed by atoms with Crippen molar-refractivity contribution in [3.63, 3.8) is 0 Å². The summed E-state index contributed by atoms with van der Waals surface area (Å²) in [5, 5.41) is 2.87. The summed E-state index contributed by atoms with van der Waals surface area (Å²) in [6.45, 7) is 1.86. The lowest BCUT2D eigenvalue weighted by molar-refractivity contribution is 0.403. The first-order valence-corrected chi connectivity index (χ1v) is 10.1. The fourth-order valence-corrected chi connectivity index (χ4v) is 4.36. The molecule has 0 aliphatic rings. The van der Waals surface area contributed by atoms with Crippen LogP contribution in [0.4, 0.5) is 10.1 Å². The number of thiazole rings is 1. The number of rotatable bonds is 5. The van der Waals surface area contributed by atoms with Crippen LogP contribution >= 0.6 is 22.9 Å². The third-order valence-corrected chi connectivity index (χ3v) is 5.94. The van der Waals surface area contributed by atoms with Gasteiger partial charge < -0.3 is 4.74 Å². The minimum atomic E-state index is -4.10. The quantitative estimate of drug-likeness (QED) is 0.658. The molecule has 0 radical (unpaired) electrons. The number of aryl methyl sites for hydroxylation is 1. The molecule has 3 aromatic rings. The number of nitrogens with zero attached hydrogens (tertiary/aromatic N) is 1. The molecule has 0 saturated heterocycles. The smallest absolute Gasteiger partial charge is 0.265 e. The van der Waals surface area contributed by atoms with Crippen molar-refractivity contribution in [3.05, 3.63) is 57.6 Å². The maximum atomic E-state index is 14.0. The zero-order chi connectivity index (χ0) is 18.9. The summed E-state index contributed by atoms with van der Waals surface area (Å²) in [7, 11) is -2.73. The van der Waals surface area contributed by atoms with E-state index >= 15 is 0 Å². The summed E-state index contributed by atoms with van der Waals surface area (Å²) in [6, 6.07) is 8.39. The number of hydrogen-bond acceptors (Lipinski definition) is 5. The Kier molecular flexibility index (Phi) is 5.17. The molecule has 1 heterocycles. The van der Waals surface area contributed by atoms with E-state index in [0.717, 1.165) is 11.1 Å². The second kappa shape index (κ2) is 7.22. The van der Waals surface area contributed by atoms with E-state index in [1.165, 1.54) is 42.7 Å². The predicted molar refractivity (Wildman–Crippen MR) is 101 cm³/mol. The SMILES string of the molecule is COc1ccc(-c2csc(C)n2)cc1S(=O)(=O)Nc1ccc(Cl)cc1F. The van der Waals surface area contributed by atoms with E-state index in [1.54, 1.807) is 6.07 Å². The van der Waals surface area contributed by atoms with Crippen molar-refractivity contribution < 1.29 is 17.5 Å². The zero-order valence-corrected chi connectivity index (χ0v) is 16.2. The Bertz CT molecular complexity index is 1070. The molecule has 0 aliphatic heterocycles. The maximum absolute atomic E-state index is 14.0. The van der Waals surface area contributed by atoms with Crippen molar-refractivity contribution >= 4 is 38.6 Å². The summed E-state index contributed by atoms with van der Waals surface area (Å²) in [4.78, 5) is 4.24. The highest BCUT2D eigenvalue weighted by molar-refractivity contribution is 7.92. The Morgan fingerprint density at radius 3 is 2.62 bits per heavy atom. The number of anilines is 1. The van der Waals surface area contributed by atoms with Gasteiger partial charge >= 0.3 is 0 Å². The molecule has 5 nitrogen and oxygen atoms in total. The lowest BCUT2D eigenvalue weighted by atomic mass is 10.2. The summed E-state index contributed by atoms with van der Waals surface area (Å²) < 4.78 is 47.0. The van der Waals surface area contributed by atoms with Gasteiger partial charge in [0.2, 0.25) is 0 Å². The number of methoxy groups -OCH3 is 1. The number of sulfonamides is 1. The van der Waals surface area contributed by atoms with Gasteiger partial charge in [0.05, 0.1) is 23.5 Å². The molecule has 1 N–H and O–H groups in total. The minimum absolute atomic E-state index is 0.113. The number of halogens is 2. The molecule has 0 amide bonds. The molecule has 0 unspecified atom stereocenters. The molecule has 26 heavy (non-hydrogen) atoms. The van der Waals surface area contributed by atoms with Crippen molar-refractivity contribution in [3.8, 4) is 17.0 Å². The van der Waals surface area contributed by atoms with Crippen molar-refractivity contribution in [1.82, 2.24) is 4.98 Å². The predicted octanol–water partition coefficient (Wildman–Crippen LogP) is 4.72. The maximum Gasteiger partial charge on any atom is 0.265 e. The molecule has 0 saturated carbocycles. The van der Waals surface area contributed by atoms with Gasteiger partial charge in [-0.15, -0.1) is 11.3 Å². The standard InChI is InChI=1S/C17H14ClFN2O3S2/c1-10-20-15(9-25-10)11-3-6-16(24-2)17(7-11)26(22,23)21-14-5-4-12(18)8-13(14)19/h3-9,21H,1-2H3. The number of hydrogen-bond donors (Lipinski definition) is 1. The molecule has 2 aromatic carbocycles. The van der Waals surface area contributed by atoms with E-state index in [2.05, 4.69) is 9.71 Å². The van der Waals surface area contributed by atoms with Crippen LogP contribution in [0.1, 0.15) is 5.01 Å². The molecular weight excluding hydrogens is 399 g/mol. The van der Waals surface area contributed by atoms with Gasteiger partial charge in [-0.05, 0) is 43.3 Å². The summed E-state index contributed by atoms with van der Waals surface area (Å²) in [5.74, 6) is -0.631. The van der Waals surface area contributed by atoms with Gasteiger partial charge in [0.15, 0.2) is 0 Å². The summed E-state index contributed by atoms with van der Waals surface area (Å²) in [5.41, 5.74) is 1.07. The van der Waals surface area contributed by atoms with Crippen molar-refractivity contribution in [2.75, 3.05) is 11.8 Å². The molecule has 136 valence electrons. The second-order valence-corrected chi connectivity index (χ2v) is 8.50. The van der Waals surface area contributed by atoms with Crippen LogP contribution in [-0.4, -0.2) is 20.5 Å². The van der Waals surface area contributed by atoms with Gasteiger partial charge in [-0.25, -0.2) is 17.8 Å². The number of nitrogens with one attached hydrogen (secondary N) is 1. The lowest BCUT2D eigenvalue weighted by Crippen LogP contribution is -2.15. The Labute approximate surface area is 159 Å². The molecule has 1 aromatic heterocycles. The van der Waals surface area contributed by atoms with Crippen LogP contribution in [-0.2, 0) is 10.0 Å². The molecule has 0 atom stereocenters. The Morgan fingerprint density at radius 2 is 2.00 bits per heavy atom. The Hall–Kier alpha value is -2.16. The van der Waals surface area contributed by atoms with Crippen LogP contribution in [0.25, 0.3) is 11.3 Å². The van der Waals surface area contributed by atoms with Crippen LogP contribution in [0.5, 0.6) is 5.75 Å². The van der Waals surface area contributed by atoms with Crippen molar-refractivity contribution in [2.24, 2.45) is 0 Å². The van der Waals surface area contributed by atoms with Crippen LogP contribution in [0, 0.1) is 12.7 Å². The molecular formula is C17H14ClFN2O3S2. The number of aromatic nitrogens is 1. The van der Waals surface area contributed by atoms with Gasteiger partial charge in [-0.3, -0.25) is 4.72 Å². The van der Waals surface area contributed by atoms with Crippen molar-refractivity contribution in [2.45, 2.75) is 11.8 Å². The fourth-order valence-electron chi connectivity index (χ4n) is 2.31. The molecule has 0 spiro atoms. The van der Waals surface area contributed by atoms with Gasteiger partial charge in [0.1, 0.15) is 16.5 Å². The van der Waals surface area contributed by atoms with Crippen LogP contribution < -0.4 is 9.46 Å². The largest absolute Gasteiger partial charge is 0.495 e. The molecule has 3 rings (SSSR count). The normalized spacial score (nSPS) is 11.4. The van der Waals surface area contributed by atoms with E-state index in [1.807, 2.05) is 12.3 Å². The first-order chi connectivity index (χ1) is 12.3. The third-order valence-electron chi connectivity index (χ3n) is 3.54. The van der Waals surface area contributed by atoms with Crippen LogP contribution in [0.3, 0.4) is 0 Å². The first-order valence-electron chi connectivity index (χ1n) is 7.38. The van der Waals surface area contributed by atoms with E-state index in [0.29, 0.717) is 11.3 Å². The van der Waals surface area contributed by atoms with Crippen LogP contribution in [0.15, 0.2) is 46.7 Å². The van der Waals surface area contributed by atoms with Gasteiger partial charge in [-0.1, -0.05) is 11.6 Å². The highest BCUT2D eigenvalue weighted by Gasteiger charge is 2.22. The van der Waals surface area contributed by atoms with Gasteiger partial charge in [0, 0.05) is 16.0 Å². The highest BCUT2D eigenvalue weighted by atomic mass is 35.5. The number of benzene rings is 2. The Balaban J connectivity index is 2.05. The highest BCUT2D eigenvalue weighted by Crippen LogP contribution is 2.32. The Morgan fingerprint density at radius 1 is 1.23 bits per heavy atom. The summed E-state index contributed by atoms with van der Waals surface area (Å²) >= 11 is 7.16. The van der Waals surface area contributed by atoms with E-state index in [-0.39, 0.29) is 21.4 Å². The van der Waals surface area contributed by atoms with Gasteiger partial charge in [-0.2, -0.15) is 0 Å². The fraction of sp³-hybridized carbons (Fsp3) is 0.118.